The van der Waals surface area contributed by atoms with Gasteiger partial charge in [-0.05, 0) is 36.8 Å². The number of para-hydroxylation sites is 1. The quantitative estimate of drug-likeness (QED) is 0.751. The van der Waals surface area contributed by atoms with Crippen LogP contribution < -0.4 is 5.32 Å². The van der Waals surface area contributed by atoms with Gasteiger partial charge < -0.3 is 10.4 Å². The molecule has 3 aromatic rings. The highest BCUT2D eigenvalue weighted by atomic mass is 19.1. The molecule has 2 N–H and O–H groups in total. The first-order chi connectivity index (χ1) is 12.1. The van der Waals surface area contributed by atoms with Crippen LogP contribution in [0.15, 0.2) is 60.8 Å². The maximum atomic E-state index is 12.9. The SMILES string of the molecule is Cc1c(C(=O)NCC(O)c2ccc(F)cc2)cnn1-c1ccccc1. The van der Waals surface area contributed by atoms with Crippen LogP contribution in [-0.4, -0.2) is 27.3 Å². The molecule has 128 valence electrons. The zero-order valence-electron chi connectivity index (χ0n) is 13.7. The number of hydrogen-bond donors (Lipinski definition) is 2. The largest absolute Gasteiger partial charge is 0.387 e. The lowest BCUT2D eigenvalue weighted by molar-refractivity contribution is 0.0915. The molecule has 1 amide bonds. The molecule has 0 saturated carbocycles. The topological polar surface area (TPSA) is 67.2 Å². The number of nitrogens with one attached hydrogen (secondary N) is 1. The third-order valence-electron chi connectivity index (χ3n) is 3.97. The van der Waals surface area contributed by atoms with E-state index in [1.165, 1.54) is 30.5 Å². The van der Waals surface area contributed by atoms with Gasteiger partial charge in [-0.3, -0.25) is 4.79 Å². The summed E-state index contributed by atoms with van der Waals surface area (Å²) < 4.78 is 14.6. The van der Waals surface area contributed by atoms with Gasteiger partial charge >= 0.3 is 0 Å². The summed E-state index contributed by atoms with van der Waals surface area (Å²) in [5, 5.41) is 17.0. The van der Waals surface area contributed by atoms with Crippen LogP contribution in [0.25, 0.3) is 5.69 Å². The number of hydrogen-bond acceptors (Lipinski definition) is 3. The molecule has 0 radical (unpaired) electrons. The van der Waals surface area contributed by atoms with E-state index in [4.69, 9.17) is 0 Å². The Balaban J connectivity index is 1.68. The highest BCUT2D eigenvalue weighted by Gasteiger charge is 2.16. The molecule has 0 spiro atoms. The standard InChI is InChI=1S/C19H18FN3O2/c1-13-17(11-22-23(13)16-5-3-2-4-6-16)19(25)21-12-18(24)14-7-9-15(20)10-8-14/h2-11,18,24H,12H2,1H3,(H,21,25). The number of amides is 1. The first-order valence-electron chi connectivity index (χ1n) is 7.88. The minimum atomic E-state index is -0.908. The smallest absolute Gasteiger partial charge is 0.254 e. The van der Waals surface area contributed by atoms with Crippen LogP contribution in [0, 0.1) is 12.7 Å². The Morgan fingerprint density at radius 2 is 1.88 bits per heavy atom. The van der Waals surface area contributed by atoms with E-state index in [1.54, 1.807) is 4.68 Å². The van der Waals surface area contributed by atoms with Gasteiger partial charge in [0.1, 0.15) is 5.82 Å². The number of carbonyl (C=O) groups is 1. The third-order valence-corrected chi connectivity index (χ3v) is 3.97. The number of benzene rings is 2. The van der Waals surface area contributed by atoms with Gasteiger partial charge in [0, 0.05) is 6.54 Å². The first kappa shape index (κ1) is 16.9. The second-order valence-corrected chi connectivity index (χ2v) is 5.67. The highest BCUT2D eigenvalue weighted by molar-refractivity contribution is 5.95. The van der Waals surface area contributed by atoms with Crippen molar-refractivity contribution < 1.29 is 14.3 Å². The summed E-state index contributed by atoms with van der Waals surface area (Å²) in [6.45, 7) is 1.84. The molecule has 0 bridgehead atoms. The summed E-state index contributed by atoms with van der Waals surface area (Å²) in [6, 6.07) is 15.0. The maximum Gasteiger partial charge on any atom is 0.254 e. The molecule has 0 fully saturated rings. The van der Waals surface area contributed by atoms with Crippen LogP contribution in [0.2, 0.25) is 0 Å². The fraction of sp³-hybridized carbons (Fsp3) is 0.158. The van der Waals surface area contributed by atoms with Gasteiger partial charge in [-0.25, -0.2) is 9.07 Å². The van der Waals surface area contributed by atoms with Gasteiger partial charge in [-0.1, -0.05) is 30.3 Å². The third kappa shape index (κ3) is 3.75. The predicted octanol–water partition coefficient (Wildman–Crippen LogP) is 2.78. The van der Waals surface area contributed by atoms with Crippen molar-refractivity contribution in [2.24, 2.45) is 0 Å². The van der Waals surface area contributed by atoms with Crippen molar-refractivity contribution in [1.29, 1.82) is 0 Å². The average molecular weight is 339 g/mol. The average Bonchev–Trinajstić information content (AvgIpc) is 3.02. The van der Waals surface area contributed by atoms with Crippen LogP contribution in [0.3, 0.4) is 0 Å². The molecule has 1 atom stereocenters. The van der Waals surface area contributed by atoms with Gasteiger partial charge in [0.15, 0.2) is 0 Å². The van der Waals surface area contributed by atoms with Crippen molar-refractivity contribution in [3.8, 4) is 5.69 Å². The fourth-order valence-electron chi connectivity index (χ4n) is 2.55. The van der Waals surface area contributed by atoms with E-state index >= 15 is 0 Å². The van der Waals surface area contributed by atoms with E-state index in [2.05, 4.69) is 10.4 Å². The Hall–Kier alpha value is -2.99. The van der Waals surface area contributed by atoms with E-state index < -0.39 is 6.10 Å². The molecule has 5 nitrogen and oxygen atoms in total. The number of aromatic nitrogens is 2. The van der Waals surface area contributed by atoms with E-state index in [0.717, 1.165) is 5.69 Å². The van der Waals surface area contributed by atoms with E-state index in [1.807, 2.05) is 37.3 Å². The number of aliphatic hydroxyl groups is 1. The molecule has 2 aromatic carbocycles. The van der Waals surface area contributed by atoms with Crippen molar-refractivity contribution in [3.63, 3.8) is 0 Å². The Bertz CT molecular complexity index is 860. The van der Waals surface area contributed by atoms with Crippen molar-refractivity contribution in [2.75, 3.05) is 6.54 Å². The van der Waals surface area contributed by atoms with Gasteiger partial charge in [0.2, 0.25) is 0 Å². The Kier molecular flexibility index (Phi) is 4.90. The number of nitrogens with zero attached hydrogens (tertiary/aromatic N) is 2. The molecular weight excluding hydrogens is 321 g/mol. The van der Waals surface area contributed by atoms with Crippen LogP contribution >= 0.6 is 0 Å². The zero-order valence-corrected chi connectivity index (χ0v) is 13.7. The molecule has 0 aliphatic carbocycles. The lowest BCUT2D eigenvalue weighted by Gasteiger charge is -2.12. The molecule has 6 heteroatoms. The summed E-state index contributed by atoms with van der Waals surface area (Å²) in [6.07, 6.45) is 0.594. The van der Waals surface area contributed by atoms with Gasteiger partial charge in [0.05, 0.1) is 29.2 Å². The van der Waals surface area contributed by atoms with Crippen LogP contribution in [-0.2, 0) is 0 Å². The normalized spacial score (nSPS) is 12.0. The van der Waals surface area contributed by atoms with Crippen molar-refractivity contribution >= 4 is 5.91 Å². The Labute approximate surface area is 144 Å². The molecule has 3 rings (SSSR count). The summed E-state index contributed by atoms with van der Waals surface area (Å²) in [5.41, 5.74) is 2.55. The minimum Gasteiger partial charge on any atom is -0.387 e. The molecule has 0 aliphatic heterocycles. The number of carbonyl (C=O) groups excluding carboxylic acids is 1. The Morgan fingerprint density at radius 3 is 2.56 bits per heavy atom. The van der Waals surface area contributed by atoms with Crippen molar-refractivity contribution in [1.82, 2.24) is 15.1 Å². The Morgan fingerprint density at radius 1 is 1.20 bits per heavy atom. The number of aliphatic hydroxyl groups excluding tert-OH is 1. The second-order valence-electron chi connectivity index (χ2n) is 5.67. The summed E-state index contributed by atoms with van der Waals surface area (Å²) in [4.78, 5) is 12.4. The van der Waals surface area contributed by atoms with Gasteiger partial charge in [-0.2, -0.15) is 5.10 Å². The maximum absolute atomic E-state index is 12.9. The lowest BCUT2D eigenvalue weighted by Crippen LogP contribution is -2.28. The lowest BCUT2D eigenvalue weighted by atomic mass is 10.1. The molecular formula is C19H18FN3O2. The van der Waals surface area contributed by atoms with Crippen molar-refractivity contribution in [3.05, 3.63) is 83.4 Å². The summed E-state index contributed by atoms with van der Waals surface area (Å²) in [7, 11) is 0. The molecule has 1 aromatic heterocycles. The predicted molar refractivity (Wildman–Crippen MR) is 92.0 cm³/mol. The minimum absolute atomic E-state index is 0.0282. The van der Waals surface area contributed by atoms with Crippen LogP contribution in [0.1, 0.15) is 27.7 Å². The molecule has 0 saturated heterocycles. The van der Waals surface area contributed by atoms with Gasteiger partial charge in [0.25, 0.3) is 5.91 Å². The number of rotatable bonds is 5. The molecule has 0 aliphatic rings. The highest BCUT2D eigenvalue weighted by Crippen LogP contribution is 2.15. The van der Waals surface area contributed by atoms with E-state index in [-0.39, 0.29) is 18.3 Å². The van der Waals surface area contributed by atoms with E-state index in [0.29, 0.717) is 16.8 Å². The summed E-state index contributed by atoms with van der Waals surface area (Å²) >= 11 is 0. The van der Waals surface area contributed by atoms with Crippen LogP contribution in [0.5, 0.6) is 0 Å². The molecule has 25 heavy (non-hydrogen) atoms. The van der Waals surface area contributed by atoms with Crippen LogP contribution in [0.4, 0.5) is 4.39 Å². The second kappa shape index (κ2) is 7.27. The zero-order chi connectivity index (χ0) is 17.8. The van der Waals surface area contributed by atoms with E-state index in [9.17, 15) is 14.3 Å². The monoisotopic (exact) mass is 339 g/mol. The number of halogens is 1. The molecule has 1 unspecified atom stereocenters. The molecule has 1 heterocycles. The fourth-order valence-corrected chi connectivity index (χ4v) is 2.55. The first-order valence-corrected chi connectivity index (χ1v) is 7.88. The summed E-state index contributed by atoms with van der Waals surface area (Å²) in [5.74, 6) is -0.690. The van der Waals surface area contributed by atoms with Crippen molar-refractivity contribution in [2.45, 2.75) is 13.0 Å². The van der Waals surface area contributed by atoms with Gasteiger partial charge in [-0.15, -0.1) is 0 Å².